The Labute approximate surface area is 105 Å². The van der Waals surface area contributed by atoms with Crippen molar-refractivity contribution < 1.29 is 4.79 Å². The standard InChI is InChI=1S/C12H17N5O/c13-8-3-4-10(16-11(8)14)17-5-1-2-7-9(17)6-15-12(7)18/h3-4,7,9H,1-2,5-6,13H2,(H2,14,16)(H,15,18). The van der Waals surface area contributed by atoms with Gasteiger partial charge in [-0.3, -0.25) is 4.79 Å². The van der Waals surface area contributed by atoms with E-state index in [4.69, 9.17) is 11.5 Å². The second-order valence-electron chi connectivity index (χ2n) is 4.90. The van der Waals surface area contributed by atoms with Crippen LogP contribution >= 0.6 is 0 Å². The first-order valence-corrected chi connectivity index (χ1v) is 6.23. The fourth-order valence-corrected chi connectivity index (χ4v) is 2.87. The summed E-state index contributed by atoms with van der Waals surface area (Å²) >= 11 is 0. The van der Waals surface area contributed by atoms with E-state index in [2.05, 4.69) is 15.2 Å². The van der Waals surface area contributed by atoms with Crippen molar-refractivity contribution >= 4 is 23.2 Å². The number of anilines is 3. The quantitative estimate of drug-likeness (QED) is 0.647. The van der Waals surface area contributed by atoms with Crippen LogP contribution in [0.5, 0.6) is 0 Å². The highest BCUT2D eigenvalue weighted by molar-refractivity contribution is 5.83. The van der Waals surface area contributed by atoms with Crippen LogP contribution < -0.4 is 21.7 Å². The normalized spacial score (nSPS) is 26.9. The van der Waals surface area contributed by atoms with Crippen LogP contribution in [0.1, 0.15) is 12.8 Å². The van der Waals surface area contributed by atoms with Crippen LogP contribution in [0.3, 0.4) is 0 Å². The van der Waals surface area contributed by atoms with Crippen molar-refractivity contribution in [2.75, 3.05) is 29.5 Å². The molecule has 5 N–H and O–H groups in total. The zero-order valence-electron chi connectivity index (χ0n) is 10.1. The monoisotopic (exact) mass is 247 g/mol. The highest BCUT2D eigenvalue weighted by Gasteiger charge is 2.41. The number of nitrogens with one attached hydrogen (secondary N) is 1. The molecule has 18 heavy (non-hydrogen) atoms. The van der Waals surface area contributed by atoms with Gasteiger partial charge in [-0.1, -0.05) is 0 Å². The molecule has 2 unspecified atom stereocenters. The summed E-state index contributed by atoms with van der Waals surface area (Å²) < 4.78 is 0. The minimum atomic E-state index is 0.0827. The van der Waals surface area contributed by atoms with Gasteiger partial charge in [0.1, 0.15) is 11.6 Å². The van der Waals surface area contributed by atoms with Crippen molar-refractivity contribution in [2.24, 2.45) is 5.92 Å². The number of pyridine rings is 1. The van der Waals surface area contributed by atoms with Crippen LogP contribution in [0.2, 0.25) is 0 Å². The number of piperidine rings is 1. The number of carbonyl (C=O) groups is 1. The number of nitrogens with zero attached hydrogens (tertiary/aromatic N) is 2. The van der Waals surface area contributed by atoms with E-state index in [1.54, 1.807) is 6.07 Å². The second-order valence-corrected chi connectivity index (χ2v) is 4.90. The van der Waals surface area contributed by atoms with E-state index < -0.39 is 0 Å². The van der Waals surface area contributed by atoms with Gasteiger partial charge < -0.3 is 21.7 Å². The maximum atomic E-state index is 11.7. The van der Waals surface area contributed by atoms with Crippen molar-refractivity contribution in [3.05, 3.63) is 12.1 Å². The summed E-state index contributed by atoms with van der Waals surface area (Å²) in [6.07, 6.45) is 1.96. The Morgan fingerprint density at radius 2 is 2.22 bits per heavy atom. The second kappa shape index (κ2) is 4.04. The highest BCUT2D eigenvalue weighted by Crippen LogP contribution is 2.31. The summed E-state index contributed by atoms with van der Waals surface area (Å²) in [5.41, 5.74) is 11.9. The lowest BCUT2D eigenvalue weighted by atomic mass is 9.91. The van der Waals surface area contributed by atoms with Crippen molar-refractivity contribution in [1.82, 2.24) is 10.3 Å². The molecule has 1 aromatic heterocycles. The molecule has 2 fully saturated rings. The number of nitrogen functional groups attached to an aromatic ring is 2. The van der Waals surface area contributed by atoms with Gasteiger partial charge in [-0.25, -0.2) is 4.98 Å². The van der Waals surface area contributed by atoms with E-state index in [1.807, 2.05) is 6.07 Å². The Morgan fingerprint density at radius 3 is 3.00 bits per heavy atom. The fraction of sp³-hybridized carbons (Fsp3) is 0.500. The van der Waals surface area contributed by atoms with Gasteiger partial charge >= 0.3 is 0 Å². The van der Waals surface area contributed by atoms with E-state index in [9.17, 15) is 4.79 Å². The van der Waals surface area contributed by atoms with Crippen LogP contribution in [0.4, 0.5) is 17.3 Å². The van der Waals surface area contributed by atoms with E-state index in [-0.39, 0.29) is 17.9 Å². The number of carbonyl (C=O) groups excluding carboxylic acids is 1. The zero-order chi connectivity index (χ0) is 12.7. The molecular formula is C12H17N5O. The molecule has 3 heterocycles. The number of nitrogens with two attached hydrogens (primary N) is 2. The Balaban J connectivity index is 1.91. The Morgan fingerprint density at radius 1 is 1.39 bits per heavy atom. The lowest BCUT2D eigenvalue weighted by Gasteiger charge is -2.36. The maximum absolute atomic E-state index is 11.7. The minimum absolute atomic E-state index is 0.0827. The first kappa shape index (κ1) is 11.1. The molecule has 0 aromatic carbocycles. The molecule has 0 spiro atoms. The Bertz CT molecular complexity index is 489. The average Bonchev–Trinajstić information content (AvgIpc) is 2.75. The summed E-state index contributed by atoms with van der Waals surface area (Å²) in [6.45, 7) is 1.60. The first-order valence-electron chi connectivity index (χ1n) is 6.23. The van der Waals surface area contributed by atoms with Gasteiger partial charge in [-0.05, 0) is 25.0 Å². The molecule has 2 aliphatic rings. The third kappa shape index (κ3) is 1.64. The average molecular weight is 247 g/mol. The number of hydrogen-bond acceptors (Lipinski definition) is 5. The molecule has 1 aromatic rings. The third-order valence-corrected chi connectivity index (χ3v) is 3.84. The summed E-state index contributed by atoms with van der Waals surface area (Å²) in [5.74, 6) is 1.41. The number of amides is 1. The fourth-order valence-electron chi connectivity index (χ4n) is 2.87. The highest BCUT2D eigenvalue weighted by atomic mass is 16.2. The molecule has 2 saturated heterocycles. The predicted octanol–water partition coefficient (Wildman–Crippen LogP) is -0.0392. The molecule has 2 aliphatic heterocycles. The SMILES string of the molecule is Nc1ccc(N2CCCC3C(=O)NCC32)nc1N. The summed E-state index contributed by atoms with van der Waals surface area (Å²) in [5, 5.41) is 2.92. The maximum Gasteiger partial charge on any atom is 0.225 e. The molecule has 0 bridgehead atoms. The van der Waals surface area contributed by atoms with Crippen LogP contribution in [-0.2, 0) is 4.79 Å². The lowest BCUT2D eigenvalue weighted by molar-refractivity contribution is -0.122. The van der Waals surface area contributed by atoms with Gasteiger partial charge in [0.25, 0.3) is 0 Å². The topological polar surface area (TPSA) is 97.3 Å². The molecule has 1 amide bonds. The molecule has 96 valence electrons. The largest absolute Gasteiger partial charge is 0.396 e. The van der Waals surface area contributed by atoms with E-state index in [0.29, 0.717) is 18.1 Å². The van der Waals surface area contributed by atoms with E-state index in [0.717, 1.165) is 25.2 Å². The third-order valence-electron chi connectivity index (χ3n) is 3.84. The number of rotatable bonds is 1. The van der Waals surface area contributed by atoms with Gasteiger partial charge in [-0.15, -0.1) is 0 Å². The predicted molar refractivity (Wildman–Crippen MR) is 69.9 cm³/mol. The van der Waals surface area contributed by atoms with E-state index >= 15 is 0 Å². The number of fused-ring (bicyclic) bond motifs is 1. The lowest BCUT2D eigenvalue weighted by Crippen LogP contribution is -2.46. The molecule has 0 saturated carbocycles. The van der Waals surface area contributed by atoms with Gasteiger partial charge in [0.2, 0.25) is 5.91 Å². The molecule has 2 atom stereocenters. The van der Waals surface area contributed by atoms with Gasteiger partial charge in [0, 0.05) is 13.1 Å². The molecule has 6 nitrogen and oxygen atoms in total. The van der Waals surface area contributed by atoms with E-state index in [1.165, 1.54) is 0 Å². The van der Waals surface area contributed by atoms with Crippen molar-refractivity contribution in [3.8, 4) is 0 Å². The first-order chi connectivity index (χ1) is 8.66. The summed E-state index contributed by atoms with van der Waals surface area (Å²) in [7, 11) is 0. The number of hydrogen-bond donors (Lipinski definition) is 3. The molecule has 3 rings (SSSR count). The smallest absolute Gasteiger partial charge is 0.225 e. The van der Waals surface area contributed by atoms with Crippen LogP contribution in [-0.4, -0.2) is 30.0 Å². The summed E-state index contributed by atoms with van der Waals surface area (Å²) in [4.78, 5) is 18.2. The van der Waals surface area contributed by atoms with Crippen LogP contribution in [0, 0.1) is 5.92 Å². The van der Waals surface area contributed by atoms with Gasteiger partial charge in [0.15, 0.2) is 0 Å². The van der Waals surface area contributed by atoms with Crippen LogP contribution in [0.15, 0.2) is 12.1 Å². The molecule has 0 radical (unpaired) electrons. The van der Waals surface area contributed by atoms with Crippen molar-refractivity contribution in [2.45, 2.75) is 18.9 Å². The Kier molecular flexibility index (Phi) is 2.50. The molecule has 0 aliphatic carbocycles. The van der Waals surface area contributed by atoms with Gasteiger partial charge in [-0.2, -0.15) is 0 Å². The van der Waals surface area contributed by atoms with Crippen LogP contribution in [0.25, 0.3) is 0 Å². The Hall–Kier alpha value is -1.98. The molecule has 6 heteroatoms. The zero-order valence-corrected chi connectivity index (χ0v) is 10.1. The molecular weight excluding hydrogens is 230 g/mol. The van der Waals surface area contributed by atoms with Gasteiger partial charge in [0.05, 0.1) is 17.6 Å². The summed E-state index contributed by atoms with van der Waals surface area (Å²) in [6, 6.07) is 3.84. The van der Waals surface area contributed by atoms with Crippen molar-refractivity contribution in [3.63, 3.8) is 0 Å². The minimum Gasteiger partial charge on any atom is -0.396 e. The number of aromatic nitrogens is 1. The van der Waals surface area contributed by atoms with Crippen molar-refractivity contribution in [1.29, 1.82) is 0 Å².